The molecule has 0 unspecified atom stereocenters. The van der Waals surface area contributed by atoms with Gasteiger partial charge >= 0.3 is 0 Å². The topological polar surface area (TPSA) is 75.4 Å². The minimum absolute atomic E-state index is 0.0401. The van der Waals surface area contributed by atoms with E-state index < -0.39 is 0 Å². The van der Waals surface area contributed by atoms with Gasteiger partial charge in [-0.05, 0) is 36.1 Å². The quantitative estimate of drug-likeness (QED) is 0.859. The van der Waals surface area contributed by atoms with E-state index in [1.165, 1.54) is 0 Å². The molecule has 1 aromatic carbocycles. The lowest BCUT2D eigenvalue weighted by Crippen LogP contribution is -2.23. The van der Waals surface area contributed by atoms with Gasteiger partial charge in [0.25, 0.3) is 0 Å². The molecule has 6 heteroatoms. The second kappa shape index (κ2) is 7.24. The lowest BCUT2D eigenvalue weighted by atomic mass is 10.1. The van der Waals surface area contributed by atoms with Gasteiger partial charge in [0.1, 0.15) is 0 Å². The highest BCUT2D eigenvalue weighted by molar-refractivity contribution is 6.29. The summed E-state index contributed by atoms with van der Waals surface area (Å²) in [4.78, 5) is 11.9. The molecular weight excluding hydrogens is 292 g/mol. The van der Waals surface area contributed by atoms with E-state index in [1.54, 1.807) is 6.92 Å². The molecule has 1 aromatic heterocycles. The van der Waals surface area contributed by atoms with Crippen LogP contribution in [0.1, 0.15) is 28.8 Å². The summed E-state index contributed by atoms with van der Waals surface area (Å²) in [6, 6.07) is 7.45. The Morgan fingerprint density at radius 3 is 2.71 bits per heavy atom. The molecule has 1 amide bonds. The van der Waals surface area contributed by atoms with Gasteiger partial charge in [-0.2, -0.15) is 0 Å². The number of carbonyl (C=O) groups excluding carboxylic acids is 1. The predicted molar refractivity (Wildman–Crippen MR) is 78.8 cm³/mol. The van der Waals surface area contributed by atoms with Crippen LogP contribution in [0.15, 0.2) is 28.8 Å². The number of hydrogen-bond acceptors (Lipinski definition) is 4. The van der Waals surface area contributed by atoms with Crippen molar-refractivity contribution in [2.45, 2.75) is 32.9 Å². The van der Waals surface area contributed by atoms with Crippen LogP contribution < -0.4 is 5.32 Å². The van der Waals surface area contributed by atoms with Crippen LogP contribution in [-0.4, -0.2) is 16.2 Å². The third kappa shape index (κ3) is 4.06. The Morgan fingerprint density at radius 1 is 1.38 bits per heavy atom. The fourth-order valence-electron chi connectivity index (χ4n) is 2.05. The van der Waals surface area contributed by atoms with E-state index in [2.05, 4.69) is 10.5 Å². The van der Waals surface area contributed by atoms with E-state index in [9.17, 15) is 9.90 Å². The molecule has 21 heavy (non-hydrogen) atoms. The minimum Gasteiger partial charge on any atom is -0.392 e. The first-order valence-corrected chi connectivity index (χ1v) is 7.04. The maximum atomic E-state index is 11.9. The van der Waals surface area contributed by atoms with E-state index in [-0.39, 0.29) is 17.7 Å². The number of aryl methyl sites for hydroxylation is 1. The van der Waals surface area contributed by atoms with Crippen LogP contribution in [0.2, 0.25) is 5.22 Å². The van der Waals surface area contributed by atoms with Gasteiger partial charge in [0.05, 0.1) is 12.3 Å². The molecule has 1 heterocycles. The van der Waals surface area contributed by atoms with Gasteiger partial charge in [-0.25, -0.2) is 0 Å². The summed E-state index contributed by atoms with van der Waals surface area (Å²) in [6.45, 7) is 2.15. The Kier molecular flexibility index (Phi) is 5.36. The molecule has 0 radical (unpaired) electrons. The Labute approximate surface area is 127 Å². The highest BCUT2D eigenvalue weighted by Crippen LogP contribution is 2.20. The Morgan fingerprint density at radius 2 is 2.10 bits per heavy atom. The van der Waals surface area contributed by atoms with Crippen LogP contribution in [0.25, 0.3) is 0 Å². The summed E-state index contributed by atoms with van der Waals surface area (Å²) in [6.07, 6.45) is 0.796. The molecule has 5 nitrogen and oxygen atoms in total. The van der Waals surface area contributed by atoms with Gasteiger partial charge in [0.2, 0.25) is 11.1 Å². The number of rotatable bonds is 6. The summed E-state index contributed by atoms with van der Waals surface area (Å²) in [5, 5.41) is 16.0. The molecule has 0 saturated heterocycles. The van der Waals surface area contributed by atoms with Crippen LogP contribution in [0.5, 0.6) is 0 Å². The fourth-order valence-corrected chi connectivity index (χ4v) is 2.31. The van der Waals surface area contributed by atoms with Gasteiger partial charge in [0, 0.05) is 18.5 Å². The van der Waals surface area contributed by atoms with Crippen molar-refractivity contribution in [2.75, 3.05) is 0 Å². The number of benzene rings is 1. The van der Waals surface area contributed by atoms with E-state index in [0.717, 1.165) is 16.7 Å². The number of nitrogens with zero attached hydrogens (tertiary/aromatic N) is 1. The van der Waals surface area contributed by atoms with Crippen LogP contribution in [-0.2, 0) is 24.4 Å². The number of carbonyl (C=O) groups is 1. The van der Waals surface area contributed by atoms with Gasteiger partial charge in [-0.1, -0.05) is 29.4 Å². The summed E-state index contributed by atoms with van der Waals surface area (Å²) < 4.78 is 4.84. The molecule has 0 aliphatic carbocycles. The van der Waals surface area contributed by atoms with E-state index >= 15 is 0 Å². The number of aliphatic hydroxyl groups is 1. The second-order valence-corrected chi connectivity index (χ2v) is 5.07. The molecule has 0 bridgehead atoms. The zero-order chi connectivity index (χ0) is 15.2. The van der Waals surface area contributed by atoms with E-state index in [0.29, 0.717) is 25.1 Å². The van der Waals surface area contributed by atoms with Gasteiger partial charge in [0.15, 0.2) is 0 Å². The first-order chi connectivity index (χ1) is 10.1. The number of amides is 1. The largest absolute Gasteiger partial charge is 0.392 e. The molecule has 0 spiro atoms. The average molecular weight is 309 g/mol. The molecule has 2 rings (SSSR count). The molecule has 0 aliphatic heterocycles. The SMILES string of the molecule is Cc1noc(Cl)c1CCC(=O)NCc1ccccc1CO. The third-order valence-electron chi connectivity index (χ3n) is 3.30. The number of halogens is 1. The standard InChI is InChI=1S/C15H17ClN2O3/c1-10-13(15(16)21-18-10)6-7-14(20)17-8-11-4-2-3-5-12(11)9-19/h2-5,19H,6-9H2,1H3,(H,17,20). The van der Waals surface area contributed by atoms with Crippen molar-refractivity contribution in [3.05, 3.63) is 51.9 Å². The molecule has 0 saturated carbocycles. The van der Waals surface area contributed by atoms with Crippen LogP contribution in [0, 0.1) is 6.92 Å². The molecule has 2 N–H and O–H groups in total. The van der Waals surface area contributed by atoms with Gasteiger partial charge in [-0.15, -0.1) is 0 Å². The van der Waals surface area contributed by atoms with E-state index in [4.69, 9.17) is 16.1 Å². The van der Waals surface area contributed by atoms with Crippen LogP contribution in [0.3, 0.4) is 0 Å². The van der Waals surface area contributed by atoms with Crippen molar-refractivity contribution in [3.63, 3.8) is 0 Å². The van der Waals surface area contributed by atoms with Crippen molar-refractivity contribution in [1.82, 2.24) is 10.5 Å². The molecule has 2 aromatic rings. The average Bonchev–Trinajstić information content (AvgIpc) is 2.82. The van der Waals surface area contributed by atoms with Crippen LogP contribution in [0.4, 0.5) is 0 Å². The molecule has 112 valence electrons. The minimum atomic E-state index is -0.0839. The van der Waals surface area contributed by atoms with Crippen molar-refractivity contribution in [1.29, 1.82) is 0 Å². The Bertz CT molecular complexity index is 606. The first kappa shape index (κ1) is 15.5. The number of nitrogens with one attached hydrogen (secondary N) is 1. The summed E-state index contributed by atoms with van der Waals surface area (Å²) in [5.74, 6) is -0.0839. The van der Waals surface area contributed by atoms with Crippen molar-refractivity contribution >= 4 is 17.5 Å². The second-order valence-electron chi connectivity index (χ2n) is 4.72. The predicted octanol–water partition coefficient (Wildman–Crippen LogP) is 2.38. The van der Waals surface area contributed by atoms with Gasteiger partial charge < -0.3 is 14.9 Å². The summed E-state index contributed by atoms with van der Waals surface area (Å²) in [5.41, 5.74) is 3.20. The van der Waals surface area contributed by atoms with Crippen molar-refractivity contribution < 1.29 is 14.4 Å². The lowest BCUT2D eigenvalue weighted by Gasteiger charge is -2.08. The monoisotopic (exact) mass is 308 g/mol. The Hall–Kier alpha value is -1.85. The number of aliphatic hydroxyl groups excluding tert-OH is 1. The normalized spacial score (nSPS) is 10.6. The maximum Gasteiger partial charge on any atom is 0.229 e. The van der Waals surface area contributed by atoms with E-state index in [1.807, 2.05) is 24.3 Å². The zero-order valence-corrected chi connectivity index (χ0v) is 12.5. The molecule has 0 atom stereocenters. The summed E-state index contributed by atoms with van der Waals surface area (Å²) in [7, 11) is 0. The zero-order valence-electron chi connectivity index (χ0n) is 11.7. The smallest absolute Gasteiger partial charge is 0.229 e. The molecule has 0 fully saturated rings. The van der Waals surface area contributed by atoms with Gasteiger partial charge in [-0.3, -0.25) is 4.79 Å². The highest BCUT2D eigenvalue weighted by Gasteiger charge is 2.12. The van der Waals surface area contributed by atoms with Crippen molar-refractivity contribution in [3.8, 4) is 0 Å². The maximum absolute atomic E-state index is 11.9. The first-order valence-electron chi connectivity index (χ1n) is 6.66. The summed E-state index contributed by atoms with van der Waals surface area (Å²) >= 11 is 5.85. The van der Waals surface area contributed by atoms with Crippen LogP contribution >= 0.6 is 11.6 Å². The molecule has 0 aliphatic rings. The Balaban J connectivity index is 1.85. The number of hydrogen-bond donors (Lipinski definition) is 2. The van der Waals surface area contributed by atoms with Crippen molar-refractivity contribution in [2.24, 2.45) is 0 Å². The molecular formula is C15H17ClN2O3. The fraction of sp³-hybridized carbons (Fsp3) is 0.333. The lowest BCUT2D eigenvalue weighted by molar-refractivity contribution is -0.121. The highest BCUT2D eigenvalue weighted by atomic mass is 35.5. The third-order valence-corrected chi connectivity index (χ3v) is 3.60. The number of aromatic nitrogens is 1.